The first-order valence-electron chi connectivity index (χ1n) is 12.9. The van der Waals surface area contributed by atoms with Gasteiger partial charge in [0.1, 0.15) is 18.1 Å². The second kappa shape index (κ2) is 14.2. The Kier molecular flexibility index (Phi) is 10.7. The predicted molar refractivity (Wildman–Crippen MR) is 142 cm³/mol. The van der Waals surface area contributed by atoms with Crippen molar-refractivity contribution in [1.82, 2.24) is 0 Å². The largest absolute Gasteiger partial charge is 0.489 e. The molecule has 1 unspecified atom stereocenters. The van der Waals surface area contributed by atoms with Gasteiger partial charge < -0.3 is 14.6 Å². The van der Waals surface area contributed by atoms with Gasteiger partial charge in [0.15, 0.2) is 6.10 Å². The number of aliphatic carboxylic acids is 1. The number of unbranched alkanes of at least 4 members (excludes halogenated alkanes) is 6. The molecule has 0 saturated carbocycles. The molecule has 35 heavy (non-hydrogen) atoms. The monoisotopic (exact) mass is 474 g/mol. The third kappa shape index (κ3) is 9.12. The van der Waals surface area contributed by atoms with Crippen LogP contribution in [0.3, 0.4) is 0 Å². The van der Waals surface area contributed by atoms with Gasteiger partial charge in [-0.1, -0.05) is 94.0 Å². The summed E-state index contributed by atoms with van der Waals surface area (Å²) in [5.41, 5.74) is 4.93. The number of carbonyl (C=O) groups is 1. The van der Waals surface area contributed by atoms with Crippen molar-refractivity contribution in [3.05, 3.63) is 83.9 Å². The predicted octanol–water partition coefficient (Wildman–Crippen LogP) is 8.08. The highest BCUT2D eigenvalue weighted by Crippen LogP contribution is 2.23. The van der Waals surface area contributed by atoms with Crippen molar-refractivity contribution < 1.29 is 19.4 Å². The lowest BCUT2D eigenvalue weighted by Crippen LogP contribution is -2.22. The fourth-order valence-corrected chi connectivity index (χ4v) is 3.98. The third-order valence-electron chi connectivity index (χ3n) is 6.20. The normalized spacial score (nSPS) is 11.7. The number of rotatable bonds is 15. The Balaban J connectivity index is 1.43. The molecule has 3 rings (SSSR count). The topological polar surface area (TPSA) is 55.8 Å². The minimum atomic E-state index is -0.992. The molecule has 1 N–H and O–H groups in total. The van der Waals surface area contributed by atoms with Crippen LogP contribution in [0, 0.1) is 0 Å². The van der Waals surface area contributed by atoms with Gasteiger partial charge >= 0.3 is 5.97 Å². The molecule has 3 aromatic carbocycles. The zero-order chi connectivity index (χ0) is 24.9. The van der Waals surface area contributed by atoms with Gasteiger partial charge in [0.25, 0.3) is 0 Å². The highest BCUT2D eigenvalue weighted by atomic mass is 16.5. The first-order valence-corrected chi connectivity index (χ1v) is 12.9. The fraction of sp³-hybridized carbons (Fsp3) is 0.387. The van der Waals surface area contributed by atoms with Gasteiger partial charge in [0.05, 0.1) is 0 Å². The van der Waals surface area contributed by atoms with Crippen LogP contribution in [0.4, 0.5) is 0 Å². The molecule has 0 aromatic heterocycles. The summed E-state index contributed by atoms with van der Waals surface area (Å²) in [6, 6.07) is 24.4. The second-order valence-corrected chi connectivity index (χ2v) is 9.12. The average molecular weight is 475 g/mol. The zero-order valence-corrected chi connectivity index (χ0v) is 21.0. The van der Waals surface area contributed by atoms with Gasteiger partial charge in [0, 0.05) is 0 Å². The van der Waals surface area contributed by atoms with Crippen LogP contribution in [0.15, 0.2) is 72.8 Å². The summed E-state index contributed by atoms with van der Waals surface area (Å²) in [6.45, 7) is 4.23. The third-order valence-corrected chi connectivity index (χ3v) is 6.20. The van der Waals surface area contributed by atoms with Crippen molar-refractivity contribution >= 4 is 5.97 Å². The Bertz CT molecular complexity index is 1010. The summed E-state index contributed by atoms with van der Waals surface area (Å²) < 4.78 is 11.2. The molecule has 3 aromatic rings. The van der Waals surface area contributed by atoms with Crippen LogP contribution >= 0.6 is 0 Å². The van der Waals surface area contributed by atoms with E-state index < -0.39 is 12.1 Å². The molecular formula is C31H38O4. The summed E-state index contributed by atoms with van der Waals surface area (Å²) in [5, 5.41) is 8.93. The fourth-order valence-electron chi connectivity index (χ4n) is 3.98. The standard InChI is InChI=1S/C31H38O4/c1-3-4-5-6-7-8-9-10-25-11-15-27(16-12-25)28-17-13-26(14-18-28)23-34-29-19-21-30(22-20-29)35-24(2)31(32)33/h11-22,24H,3-10,23H2,1-2H3,(H,32,33). The van der Waals surface area contributed by atoms with E-state index in [1.807, 2.05) is 0 Å². The van der Waals surface area contributed by atoms with E-state index >= 15 is 0 Å². The van der Waals surface area contributed by atoms with E-state index in [0.29, 0.717) is 18.1 Å². The van der Waals surface area contributed by atoms with Crippen molar-refractivity contribution in [2.75, 3.05) is 0 Å². The van der Waals surface area contributed by atoms with Crippen molar-refractivity contribution in [2.45, 2.75) is 77.9 Å². The quantitative estimate of drug-likeness (QED) is 0.226. The molecule has 186 valence electrons. The molecule has 0 bridgehead atoms. The molecule has 4 nitrogen and oxygen atoms in total. The number of hydrogen-bond acceptors (Lipinski definition) is 3. The van der Waals surface area contributed by atoms with Crippen LogP contribution in [0.1, 0.15) is 69.9 Å². The van der Waals surface area contributed by atoms with E-state index in [1.54, 1.807) is 24.3 Å². The van der Waals surface area contributed by atoms with Crippen molar-refractivity contribution in [3.63, 3.8) is 0 Å². The number of ether oxygens (including phenoxy) is 2. The van der Waals surface area contributed by atoms with Crippen LogP contribution < -0.4 is 9.47 Å². The van der Waals surface area contributed by atoms with E-state index in [0.717, 1.165) is 12.0 Å². The van der Waals surface area contributed by atoms with E-state index in [2.05, 4.69) is 55.5 Å². The first kappa shape index (κ1) is 26.3. The zero-order valence-electron chi connectivity index (χ0n) is 21.0. The summed E-state index contributed by atoms with van der Waals surface area (Å²) in [4.78, 5) is 10.9. The summed E-state index contributed by atoms with van der Waals surface area (Å²) in [7, 11) is 0. The van der Waals surface area contributed by atoms with Gasteiger partial charge in [0.2, 0.25) is 0 Å². The van der Waals surface area contributed by atoms with E-state index in [4.69, 9.17) is 14.6 Å². The molecule has 0 spiro atoms. The minimum Gasteiger partial charge on any atom is -0.489 e. The molecule has 0 aliphatic heterocycles. The maximum atomic E-state index is 10.9. The molecule has 0 saturated heterocycles. The number of carboxylic acids is 1. The maximum Gasteiger partial charge on any atom is 0.344 e. The van der Waals surface area contributed by atoms with Gasteiger partial charge in [-0.05, 0) is 66.3 Å². The number of carboxylic acid groups (broad SMARTS) is 1. The second-order valence-electron chi connectivity index (χ2n) is 9.12. The lowest BCUT2D eigenvalue weighted by molar-refractivity contribution is -0.144. The van der Waals surface area contributed by atoms with Crippen molar-refractivity contribution in [1.29, 1.82) is 0 Å². The smallest absolute Gasteiger partial charge is 0.344 e. The molecule has 1 atom stereocenters. The Morgan fingerprint density at radius 3 is 1.80 bits per heavy atom. The van der Waals surface area contributed by atoms with Crippen LogP contribution in [-0.2, 0) is 17.8 Å². The van der Waals surface area contributed by atoms with Crippen molar-refractivity contribution in [2.24, 2.45) is 0 Å². The number of aryl methyl sites for hydroxylation is 1. The summed E-state index contributed by atoms with van der Waals surface area (Å²) in [5.74, 6) is 0.221. The Hall–Kier alpha value is -3.27. The van der Waals surface area contributed by atoms with Crippen LogP contribution in [0.2, 0.25) is 0 Å². The molecule has 0 fully saturated rings. The van der Waals surface area contributed by atoms with E-state index in [-0.39, 0.29) is 0 Å². The molecule has 0 aliphatic rings. The molecule has 0 amide bonds. The van der Waals surface area contributed by atoms with Crippen molar-refractivity contribution in [3.8, 4) is 22.6 Å². The Morgan fingerprint density at radius 1 is 0.714 bits per heavy atom. The lowest BCUT2D eigenvalue weighted by atomic mass is 10.00. The lowest BCUT2D eigenvalue weighted by Gasteiger charge is -2.11. The van der Waals surface area contributed by atoms with Gasteiger partial charge in [-0.15, -0.1) is 0 Å². The van der Waals surface area contributed by atoms with Crippen LogP contribution in [0.5, 0.6) is 11.5 Å². The molecule has 0 radical (unpaired) electrons. The molecule has 0 heterocycles. The van der Waals surface area contributed by atoms with E-state index in [9.17, 15) is 4.79 Å². The van der Waals surface area contributed by atoms with Gasteiger partial charge in [-0.25, -0.2) is 4.79 Å². The number of hydrogen-bond donors (Lipinski definition) is 1. The Morgan fingerprint density at radius 2 is 1.23 bits per heavy atom. The van der Waals surface area contributed by atoms with Crippen LogP contribution in [0.25, 0.3) is 11.1 Å². The maximum absolute atomic E-state index is 10.9. The average Bonchev–Trinajstić information content (AvgIpc) is 2.88. The summed E-state index contributed by atoms with van der Waals surface area (Å²) in [6.07, 6.45) is 9.69. The first-order chi connectivity index (χ1) is 17.0. The molecule has 0 aliphatic carbocycles. The molecular weight excluding hydrogens is 436 g/mol. The van der Waals surface area contributed by atoms with E-state index in [1.165, 1.54) is 68.6 Å². The minimum absolute atomic E-state index is 0.462. The van der Waals surface area contributed by atoms with Gasteiger partial charge in [-0.2, -0.15) is 0 Å². The highest BCUT2D eigenvalue weighted by molar-refractivity contribution is 5.72. The van der Waals surface area contributed by atoms with Crippen LogP contribution in [-0.4, -0.2) is 17.2 Å². The Labute approximate surface area is 209 Å². The molecule has 4 heteroatoms. The summed E-state index contributed by atoms with van der Waals surface area (Å²) >= 11 is 0. The SMILES string of the molecule is CCCCCCCCCc1ccc(-c2ccc(COc3ccc(OC(C)C(=O)O)cc3)cc2)cc1. The highest BCUT2D eigenvalue weighted by Gasteiger charge is 2.12. The van der Waals surface area contributed by atoms with Gasteiger partial charge in [-0.3, -0.25) is 0 Å². The number of benzene rings is 3.